The number of carbonyl (C=O) groups excluding carboxylic acids is 1. The lowest BCUT2D eigenvalue weighted by molar-refractivity contribution is -0.219. The number of rotatable bonds is 14. The summed E-state index contributed by atoms with van der Waals surface area (Å²) >= 11 is 0. The van der Waals surface area contributed by atoms with Crippen LogP contribution in [0.15, 0.2) is 24.3 Å². The predicted octanol–water partition coefficient (Wildman–Crippen LogP) is 5.89. The van der Waals surface area contributed by atoms with E-state index in [1.165, 1.54) is 45.9 Å². The van der Waals surface area contributed by atoms with Crippen molar-refractivity contribution in [3.63, 3.8) is 0 Å². The summed E-state index contributed by atoms with van der Waals surface area (Å²) in [4.78, 5) is 12.5. The fourth-order valence-electron chi connectivity index (χ4n) is 2.88. The lowest BCUT2D eigenvalue weighted by atomic mass is 10.0. The molecular weight excluding hydrogens is 344 g/mol. The molecule has 0 spiro atoms. The maximum atomic E-state index is 12.5. The molecule has 0 aliphatic rings. The van der Waals surface area contributed by atoms with Gasteiger partial charge in [-0.1, -0.05) is 69.9 Å². The zero-order valence-electron chi connectivity index (χ0n) is 17.2. The van der Waals surface area contributed by atoms with Crippen LogP contribution in [0.25, 0.3) is 0 Å². The molecule has 1 aromatic carbocycles. The number of para-hydroxylation sites is 1. The third-order valence-corrected chi connectivity index (χ3v) is 6.23. The Hall–Kier alpha value is -1.17. The van der Waals surface area contributed by atoms with Crippen molar-refractivity contribution < 1.29 is 19.0 Å². The van der Waals surface area contributed by atoms with Crippen LogP contribution in [0.1, 0.15) is 55.3 Å². The number of ether oxygens (including phenoxy) is 3. The normalized spacial score (nSPS) is 11.8. The third-order valence-electron chi connectivity index (χ3n) is 4.38. The molecule has 0 saturated carbocycles. The molecule has 1 aromatic rings. The predicted molar refractivity (Wildman–Crippen MR) is 110 cm³/mol. The minimum atomic E-state index is -0.882. The van der Waals surface area contributed by atoms with Crippen LogP contribution in [-0.4, -0.2) is 34.6 Å². The highest BCUT2D eigenvalue weighted by atomic mass is 28.3. The van der Waals surface area contributed by atoms with Gasteiger partial charge < -0.3 is 14.2 Å². The Balaban J connectivity index is 2.31. The molecule has 4 nitrogen and oxygen atoms in total. The van der Waals surface area contributed by atoms with E-state index in [0.29, 0.717) is 17.7 Å². The van der Waals surface area contributed by atoms with Crippen molar-refractivity contribution in [2.45, 2.75) is 77.1 Å². The molecule has 26 heavy (non-hydrogen) atoms. The van der Waals surface area contributed by atoms with Gasteiger partial charge in [0.15, 0.2) is 5.78 Å². The summed E-state index contributed by atoms with van der Waals surface area (Å²) < 4.78 is 15.7. The Bertz CT molecular complexity index is 521. The zero-order valence-corrected chi connectivity index (χ0v) is 18.2. The van der Waals surface area contributed by atoms with Crippen molar-refractivity contribution in [2.75, 3.05) is 14.2 Å². The Morgan fingerprint density at radius 1 is 0.923 bits per heavy atom. The molecule has 148 valence electrons. The SMILES string of the molecule is COC(OC)Oc1ccccc1C(=O)CCCCCCCC[Si](C)(C)C. The fraction of sp³-hybridized carbons (Fsp3) is 0.667. The van der Waals surface area contributed by atoms with E-state index in [9.17, 15) is 4.79 Å². The summed E-state index contributed by atoms with van der Waals surface area (Å²) in [5.41, 5.74) is 0.599. The maximum Gasteiger partial charge on any atom is 0.315 e. The monoisotopic (exact) mass is 380 g/mol. The minimum absolute atomic E-state index is 0.116. The van der Waals surface area contributed by atoms with Crippen molar-refractivity contribution in [1.29, 1.82) is 0 Å². The van der Waals surface area contributed by atoms with Gasteiger partial charge in [0, 0.05) is 28.7 Å². The second-order valence-electron chi connectivity index (χ2n) is 7.98. The molecule has 0 bridgehead atoms. The van der Waals surface area contributed by atoms with E-state index in [-0.39, 0.29) is 5.78 Å². The number of unbranched alkanes of at least 4 members (excludes halogenated alkanes) is 5. The molecule has 1 rings (SSSR count). The molecule has 0 aromatic heterocycles. The van der Waals surface area contributed by atoms with E-state index in [1.54, 1.807) is 12.1 Å². The minimum Gasteiger partial charge on any atom is -0.440 e. The number of carbonyl (C=O) groups is 1. The first-order valence-electron chi connectivity index (χ1n) is 9.72. The van der Waals surface area contributed by atoms with Gasteiger partial charge in [-0.25, -0.2) is 0 Å². The van der Waals surface area contributed by atoms with Crippen molar-refractivity contribution in [2.24, 2.45) is 0 Å². The van der Waals surface area contributed by atoms with Gasteiger partial charge in [0.05, 0.1) is 5.56 Å². The molecule has 0 heterocycles. The highest BCUT2D eigenvalue weighted by molar-refractivity contribution is 6.76. The van der Waals surface area contributed by atoms with E-state index in [0.717, 1.165) is 12.8 Å². The third kappa shape index (κ3) is 9.50. The molecule has 0 unspecified atom stereocenters. The van der Waals surface area contributed by atoms with E-state index in [1.807, 2.05) is 12.1 Å². The Kier molecular flexibility index (Phi) is 10.8. The number of benzene rings is 1. The summed E-state index contributed by atoms with van der Waals surface area (Å²) in [6, 6.07) is 8.70. The van der Waals surface area contributed by atoms with Gasteiger partial charge >= 0.3 is 6.48 Å². The molecule has 0 amide bonds. The number of ketones is 1. The van der Waals surface area contributed by atoms with Crippen molar-refractivity contribution in [1.82, 2.24) is 0 Å². The summed E-state index contributed by atoms with van der Waals surface area (Å²) in [5.74, 6) is 0.628. The van der Waals surface area contributed by atoms with Crippen molar-refractivity contribution in [3.05, 3.63) is 29.8 Å². The van der Waals surface area contributed by atoms with E-state index < -0.39 is 14.5 Å². The molecule has 0 aliphatic heterocycles. The van der Waals surface area contributed by atoms with Gasteiger partial charge in [-0.2, -0.15) is 0 Å². The maximum absolute atomic E-state index is 12.5. The number of methoxy groups -OCH3 is 2. The average molecular weight is 381 g/mol. The first kappa shape index (κ1) is 22.9. The van der Waals surface area contributed by atoms with Crippen LogP contribution in [0, 0.1) is 0 Å². The van der Waals surface area contributed by atoms with Gasteiger partial charge in [0.1, 0.15) is 5.75 Å². The highest BCUT2D eigenvalue weighted by Gasteiger charge is 2.15. The molecule has 0 radical (unpaired) electrons. The van der Waals surface area contributed by atoms with Crippen LogP contribution in [0.3, 0.4) is 0 Å². The Morgan fingerprint density at radius 3 is 2.12 bits per heavy atom. The lowest BCUT2D eigenvalue weighted by Crippen LogP contribution is -2.21. The van der Waals surface area contributed by atoms with Gasteiger partial charge in [-0.15, -0.1) is 0 Å². The van der Waals surface area contributed by atoms with Crippen LogP contribution in [-0.2, 0) is 9.47 Å². The highest BCUT2D eigenvalue weighted by Crippen LogP contribution is 2.23. The topological polar surface area (TPSA) is 44.8 Å². The van der Waals surface area contributed by atoms with E-state index >= 15 is 0 Å². The number of Topliss-reactive ketones (excluding diaryl/α,β-unsaturated/α-hetero) is 1. The molecule has 0 aliphatic carbocycles. The fourth-order valence-corrected chi connectivity index (χ4v) is 4.19. The summed E-state index contributed by atoms with van der Waals surface area (Å²) in [6.07, 6.45) is 7.78. The van der Waals surface area contributed by atoms with Gasteiger partial charge in [-0.05, 0) is 18.6 Å². The lowest BCUT2D eigenvalue weighted by Gasteiger charge is -2.17. The largest absolute Gasteiger partial charge is 0.440 e. The first-order valence-corrected chi connectivity index (χ1v) is 13.4. The summed E-state index contributed by atoms with van der Waals surface area (Å²) in [5, 5.41) is 0. The van der Waals surface area contributed by atoms with Crippen LogP contribution >= 0.6 is 0 Å². The van der Waals surface area contributed by atoms with Gasteiger partial charge in [0.2, 0.25) is 0 Å². The molecule has 0 saturated heterocycles. The molecule has 0 atom stereocenters. The van der Waals surface area contributed by atoms with Crippen molar-refractivity contribution in [3.8, 4) is 5.75 Å². The smallest absolute Gasteiger partial charge is 0.315 e. The first-order chi connectivity index (χ1) is 12.4. The summed E-state index contributed by atoms with van der Waals surface area (Å²) in [6.45, 7) is 6.49. The average Bonchev–Trinajstić information content (AvgIpc) is 2.61. The number of hydrogen-bond acceptors (Lipinski definition) is 4. The van der Waals surface area contributed by atoms with Crippen LogP contribution < -0.4 is 4.74 Å². The molecule has 5 heteroatoms. The quantitative estimate of drug-likeness (QED) is 0.175. The standard InChI is InChI=1S/C21H36O4Si/c1-23-21(24-2)25-20-16-12-11-14-18(20)19(22)15-10-8-6-7-9-13-17-26(3,4)5/h11-12,14,16,21H,6-10,13,15,17H2,1-5H3. The van der Waals surface area contributed by atoms with Crippen LogP contribution in [0.5, 0.6) is 5.75 Å². The Morgan fingerprint density at radius 2 is 1.50 bits per heavy atom. The Labute approximate surface area is 160 Å². The second-order valence-corrected chi connectivity index (χ2v) is 13.6. The van der Waals surface area contributed by atoms with Crippen LogP contribution in [0.4, 0.5) is 0 Å². The number of hydrogen-bond donors (Lipinski definition) is 0. The van der Waals surface area contributed by atoms with Crippen LogP contribution in [0.2, 0.25) is 25.7 Å². The van der Waals surface area contributed by atoms with E-state index in [2.05, 4.69) is 19.6 Å². The van der Waals surface area contributed by atoms with Gasteiger partial charge in [-0.3, -0.25) is 4.79 Å². The summed E-state index contributed by atoms with van der Waals surface area (Å²) in [7, 11) is 2.12. The molecular formula is C21H36O4Si. The van der Waals surface area contributed by atoms with Gasteiger partial charge in [0.25, 0.3) is 0 Å². The molecule has 0 N–H and O–H groups in total. The van der Waals surface area contributed by atoms with E-state index in [4.69, 9.17) is 14.2 Å². The second kappa shape index (κ2) is 12.3. The van der Waals surface area contributed by atoms with Crippen molar-refractivity contribution >= 4 is 13.9 Å². The zero-order chi connectivity index (χ0) is 19.4. The molecule has 0 fully saturated rings.